The Kier molecular flexibility index (Phi) is 2.77. The number of hydrogen-bond acceptors (Lipinski definition) is 2. The normalized spacial score (nSPS) is 12.9. The van der Waals surface area contributed by atoms with Crippen LogP contribution in [0, 0.1) is 0 Å². The lowest BCUT2D eigenvalue weighted by Crippen LogP contribution is -2.45. The standard InChI is InChI=1S/C16H18BNO/c1-10(2)11-8-9-14-15(16(11)18)17(3)12-6-4-5-7-13(12)19-14/h4-10H,18H2,1-3H3. The molecule has 0 unspecified atom stereocenters. The molecule has 19 heavy (non-hydrogen) atoms. The van der Waals surface area contributed by atoms with Crippen LogP contribution in [-0.2, 0) is 0 Å². The van der Waals surface area contributed by atoms with E-state index in [1.807, 2.05) is 24.3 Å². The molecule has 2 N–H and O–H groups in total. The smallest absolute Gasteiger partial charge is 0.218 e. The van der Waals surface area contributed by atoms with Gasteiger partial charge in [0.2, 0.25) is 6.71 Å². The molecule has 1 aliphatic heterocycles. The van der Waals surface area contributed by atoms with Gasteiger partial charge in [0.05, 0.1) is 0 Å². The summed E-state index contributed by atoms with van der Waals surface area (Å²) in [7, 11) is 0. The maximum Gasteiger partial charge on any atom is 0.218 e. The summed E-state index contributed by atoms with van der Waals surface area (Å²) in [6.07, 6.45) is 0. The maximum atomic E-state index is 6.37. The van der Waals surface area contributed by atoms with Gasteiger partial charge >= 0.3 is 0 Å². The van der Waals surface area contributed by atoms with Crippen molar-refractivity contribution >= 4 is 23.3 Å². The van der Waals surface area contributed by atoms with Gasteiger partial charge in [0.25, 0.3) is 0 Å². The molecule has 0 amide bonds. The van der Waals surface area contributed by atoms with E-state index < -0.39 is 0 Å². The fraction of sp³-hybridized carbons (Fsp3) is 0.250. The summed E-state index contributed by atoms with van der Waals surface area (Å²) in [5, 5.41) is 0. The lowest BCUT2D eigenvalue weighted by molar-refractivity contribution is 0.487. The Morgan fingerprint density at radius 3 is 2.53 bits per heavy atom. The second kappa shape index (κ2) is 4.34. The second-order valence-corrected chi connectivity index (χ2v) is 5.50. The quantitative estimate of drug-likeness (QED) is 0.624. The summed E-state index contributed by atoms with van der Waals surface area (Å²) >= 11 is 0. The fourth-order valence-corrected chi connectivity index (χ4v) is 2.88. The minimum atomic E-state index is 0.277. The van der Waals surface area contributed by atoms with E-state index in [0.29, 0.717) is 5.92 Å². The largest absolute Gasteiger partial charge is 0.458 e. The molecule has 0 aromatic heterocycles. The highest BCUT2D eigenvalue weighted by Crippen LogP contribution is 2.30. The molecule has 96 valence electrons. The highest BCUT2D eigenvalue weighted by molar-refractivity contribution is 6.87. The fourth-order valence-electron chi connectivity index (χ4n) is 2.88. The lowest BCUT2D eigenvalue weighted by Gasteiger charge is -2.27. The SMILES string of the molecule is CB1c2ccccc2Oc2ccc(C(C)C)c(N)c21. The molecule has 2 aromatic carbocycles. The van der Waals surface area contributed by atoms with Gasteiger partial charge in [-0.2, -0.15) is 0 Å². The Morgan fingerprint density at radius 1 is 1.05 bits per heavy atom. The zero-order valence-corrected chi connectivity index (χ0v) is 11.6. The van der Waals surface area contributed by atoms with Crippen LogP contribution in [0.2, 0.25) is 6.82 Å². The third kappa shape index (κ3) is 1.81. The Hall–Kier alpha value is -1.90. The number of benzene rings is 2. The van der Waals surface area contributed by atoms with E-state index >= 15 is 0 Å². The number of hydrogen-bond donors (Lipinski definition) is 1. The lowest BCUT2D eigenvalue weighted by atomic mass is 9.41. The van der Waals surface area contributed by atoms with Gasteiger partial charge in [-0.15, -0.1) is 0 Å². The number of nitrogen functional groups attached to an aromatic ring is 1. The van der Waals surface area contributed by atoms with Crippen molar-refractivity contribution in [2.75, 3.05) is 5.73 Å². The Morgan fingerprint density at radius 2 is 1.79 bits per heavy atom. The first-order valence-electron chi connectivity index (χ1n) is 6.78. The van der Waals surface area contributed by atoms with Crippen LogP contribution >= 0.6 is 0 Å². The molecule has 1 aliphatic rings. The van der Waals surface area contributed by atoms with Crippen molar-refractivity contribution in [3.63, 3.8) is 0 Å². The summed E-state index contributed by atoms with van der Waals surface area (Å²) < 4.78 is 5.98. The van der Waals surface area contributed by atoms with Crippen molar-refractivity contribution in [2.24, 2.45) is 0 Å². The Balaban J connectivity index is 2.19. The molecule has 2 nitrogen and oxygen atoms in total. The van der Waals surface area contributed by atoms with Crippen molar-refractivity contribution in [3.8, 4) is 11.5 Å². The number of ether oxygens (including phenoxy) is 1. The van der Waals surface area contributed by atoms with Crippen molar-refractivity contribution in [1.29, 1.82) is 0 Å². The summed E-state index contributed by atoms with van der Waals surface area (Å²) in [6.45, 7) is 6.81. The van der Waals surface area contributed by atoms with Gasteiger partial charge in [-0.3, -0.25) is 0 Å². The third-order valence-corrected chi connectivity index (χ3v) is 3.94. The second-order valence-electron chi connectivity index (χ2n) is 5.50. The van der Waals surface area contributed by atoms with Gasteiger partial charge in [-0.05, 0) is 34.5 Å². The van der Waals surface area contributed by atoms with Gasteiger partial charge in [-0.25, -0.2) is 0 Å². The average molecular weight is 251 g/mol. The topological polar surface area (TPSA) is 35.2 Å². The monoisotopic (exact) mass is 251 g/mol. The van der Waals surface area contributed by atoms with Crippen LogP contribution in [0.25, 0.3) is 0 Å². The molecule has 2 aromatic rings. The van der Waals surface area contributed by atoms with Crippen molar-refractivity contribution < 1.29 is 4.74 Å². The van der Waals surface area contributed by atoms with Crippen LogP contribution in [0.4, 0.5) is 5.69 Å². The van der Waals surface area contributed by atoms with Gasteiger partial charge in [0.15, 0.2) is 0 Å². The van der Waals surface area contributed by atoms with Gasteiger partial charge in [-0.1, -0.05) is 44.9 Å². The van der Waals surface area contributed by atoms with Crippen LogP contribution in [0.5, 0.6) is 11.5 Å². The van der Waals surface area contributed by atoms with E-state index in [0.717, 1.165) is 22.6 Å². The molecule has 0 fully saturated rings. The summed E-state index contributed by atoms with van der Waals surface area (Å²) in [4.78, 5) is 0. The molecule has 0 bridgehead atoms. The number of anilines is 1. The van der Waals surface area contributed by atoms with E-state index in [2.05, 4.69) is 32.8 Å². The Labute approximate surface area is 114 Å². The first-order valence-corrected chi connectivity index (χ1v) is 6.78. The molecule has 1 heterocycles. The van der Waals surface area contributed by atoms with E-state index in [-0.39, 0.29) is 6.71 Å². The van der Waals surface area contributed by atoms with Crippen LogP contribution in [-0.4, -0.2) is 6.71 Å². The van der Waals surface area contributed by atoms with Gasteiger partial charge < -0.3 is 10.5 Å². The van der Waals surface area contributed by atoms with Crippen LogP contribution in [0.15, 0.2) is 36.4 Å². The van der Waals surface area contributed by atoms with Crippen LogP contribution in [0.1, 0.15) is 25.3 Å². The average Bonchev–Trinajstić information content (AvgIpc) is 2.38. The molecule has 3 rings (SSSR count). The highest BCUT2D eigenvalue weighted by atomic mass is 16.5. The molecule has 0 saturated heterocycles. The number of rotatable bonds is 1. The predicted molar refractivity (Wildman–Crippen MR) is 82.3 cm³/mol. The molecule has 0 saturated carbocycles. The molecule has 0 aliphatic carbocycles. The van der Waals surface area contributed by atoms with Crippen molar-refractivity contribution in [1.82, 2.24) is 0 Å². The number of nitrogens with two attached hydrogens (primary N) is 1. The minimum absolute atomic E-state index is 0.277. The van der Waals surface area contributed by atoms with Crippen LogP contribution < -0.4 is 21.4 Å². The first-order chi connectivity index (χ1) is 9.09. The highest BCUT2D eigenvalue weighted by Gasteiger charge is 2.29. The molecular weight excluding hydrogens is 233 g/mol. The minimum Gasteiger partial charge on any atom is -0.458 e. The molecule has 0 spiro atoms. The zero-order chi connectivity index (χ0) is 13.6. The molecule has 0 radical (unpaired) electrons. The van der Waals surface area contributed by atoms with E-state index in [9.17, 15) is 0 Å². The Bertz CT molecular complexity index is 637. The van der Waals surface area contributed by atoms with Gasteiger partial charge in [0, 0.05) is 5.69 Å². The number of fused-ring (bicyclic) bond motifs is 2. The van der Waals surface area contributed by atoms with Gasteiger partial charge in [0.1, 0.15) is 11.5 Å². The summed E-state index contributed by atoms with van der Waals surface area (Å²) in [6, 6.07) is 12.3. The van der Waals surface area contributed by atoms with Crippen molar-refractivity contribution in [3.05, 3.63) is 42.0 Å². The number of para-hydroxylation sites is 1. The first kappa shape index (κ1) is 12.2. The molecule has 3 heteroatoms. The van der Waals surface area contributed by atoms with E-state index in [1.165, 1.54) is 11.0 Å². The van der Waals surface area contributed by atoms with Crippen LogP contribution in [0.3, 0.4) is 0 Å². The zero-order valence-electron chi connectivity index (χ0n) is 11.6. The van der Waals surface area contributed by atoms with E-state index in [4.69, 9.17) is 10.5 Å². The van der Waals surface area contributed by atoms with E-state index in [1.54, 1.807) is 0 Å². The molecule has 0 atom stereocenters. The molecular formula is C16H18BNO. The third-order valence-electron chi connectivity index (χ3n) is 3.94. The van der Waals surface area contributed by atoms with Crippen molar-refractivity contribution in [2.45, 2.75) is 26.6 Å². The summed E-state index contributed by atoms with van der Waals surface area (Å²) in [5.41, 5.74) is 10.8. The summed E-state index contributed by atoms with van der Waals surface area (Å²) in [5.74, 6) is 2.27. The predicted octanol–water partition coefficient (Wildman–Crippen LogP) is 2.74. The maximum absolute atomic E-state index is 6.37.